The topological polar surface area (TPSA) is 56.1 Å². The molecule has 2 aromatic rings. The van der Waals surface area contributed by atoms with Crippen molar-refractivity contribution in [2.75, 3.05) is 18.9 Å². The number of likely N-dealkylation sites (N-methyl/N-ethyl adjacent to an activating group) is 1. The van der Waals surface area contributed by atoms with Gasteiger partial charge >= 0.3 is 0 Å². The van der Waals surface area contributed by atoms with Gasteiger partial charge in [-0.1, -0.05) is 41.4 Å². The van der Waals surface area contributed by atoms with Crippen LogP contribution in [0.4, 0.5) is 5.69 Å². The number of rotatable bonds is 5. The second kappa shape index (κ2) is 7.77. The van der Waals surface area contributed by atoms with E-state index in [2.05, 4.69) is 29.6 Å². The second-order valence-electron chi connectivity index (χ2n) is 5.51. The number of benzene rings is 2. The molecule has 0 radical (unpaired) electrons. The number of hydrogen-bond acceptors (Lipinski definition) is 3. The molecule has 0 aliphatic rings. The summed E-state index contributed by atoms with van der Waals surface area (Å²) in [5, 5.41) is 12.3. The molecule has 2 rings (SSSR count). The van der Waals surface area contributed by atoms with Crippen molar-refractivity contribution < 1.29 is 4.79 Å². The van der Waals surface area contributed by atoms with Crippen molar-refractivity contribution in [3.05, 3.63) is 64.2 Å². The number of aryl methyl sites for hydroxylation is 1. The molecule has 0 aliphatic carbocycles. The highest BCUT2D eigenvalue weighted by Gasteiger charge is 2.10. The Morgan fingerprint density at radius 3 is 2.61 bits per heavy atom. The zero-order valence-corrected chi connectivity index (χ0v) is 13.9. The first-order valence-electron chi connectivity index (χ1n) is 7.21. The Morgan fingerprint density at radius 1 is 1.26 bits per heavy atom. The van der Waals surface area contributed by atoms with Crippen molar-refractivity contribution in [1.82, 2.24) is 4.90 Å². The Hall–Kier alpha value is -2.35. The number of nitrogens with one attached hydrogen (secondary N) is 1. The molecule has 0 fully saturated rings. The van der Waals surface area contributed by atoms with Gasteiger partial charge in [0.1, 0.15) is 6.07 Å². The molecule has 0 saturated heterocycles. The predicted molar refractivity (Wildman–Crippen MR) is 92.3 cm³/mol. The van der Waals surface area contributed by atoms with Crippen LogP contribution >= 0.6 is 11.6 Å². The first kappa shape index (κ1) is 17.0. The van der Waals surface area contributed by atoms with Gasteiger partial charge in [-0.2, -0.15) is 5.26 Å². The molecule has 0 aliphatic heterocycles. The predicted octanol–water partition coefficient (Wildman–Crippen LogP) is 3.59. The Labute approximate surface area is 141 Å². The third-order valence-corrected chi connectivity index (χ3v) is 3.60. The third-order valence-electron chi connectivity index (χ3n) is 3.36. The van der Waals surface area contributed by atoms with Crippen LogP contribution in [0, 0.1) is 18.3 Å². The highest BCUT2D eigenvalue weighted by atomic mass is 35.5. The summed E-state index contributed by atoms with van der Waals surface area (Å²) in [6.07, 6.45) is 0. The van der Waals surface area contributed by atoms with Crippen LogP contribution in [0.3, 0.4) is 0 Å². The maximum absolute atomic E-state index is 12.1. The van der Waals surface area contributed by atoms with E-state index in [-0.39, 0.29) is 12.5 Å². The lowest BCUT2D eigenvalue weighted by Gasteiger charge is -2.17. The zero-order chi connectivity index (χ0) is 16.8. The van der Waals surface area contributed by atoms with E-state index in [0.29, 0.717) is 22.8 Å². The summed E-state index contributed by atoms with van der Waals surface area (Å²) < 4.78 is 0. The number of nitriles is 1. The van der Waals surface area contributed by atoms with Crippen molar-refractivity contribution in [3.8, 4) is 6.07 Å². The lowest BCUT2D eigenvalue weighted by Crippen LogP contribution is -2.30. The minimum absolute atomic E-state index is 0.182. The van der Waals surface area contributed by atoms with Crippen LogP contribution in [0.15, 0.2) is 42.5 Å². The molecule has 0 spiro atoms. The van der Waals surface area contributed by atoms with Crippen molar-refractivity contribution in [1.29, 1.82) is 5.26 Å². The van der Waals surface area contributed by atoms with Crippen LogP contribution in [0.25, 0.3) is 0 Å². The lowest BCUT2D eigenvalue weighted by molar-refractivity contribution is -0.117. The molecule has 0 unspecified atom stereocenters. The van der Waals surface area contributed by atoms with E-state index >= 15 is 0 Å². The van der Waals surface area contributed by atoms with Gasteiger partial charge in [0.15, 0.2) is 0 Å². The van der Waals surface area contributed by atoms with E-state index in [0.717, 1.165) is 5.56 Å². The molecule has 5 heteroatoms. The number of carbonyl (C=O) groups is 1. The van der Waals surface area contributed by atoms with E-state index in [1.165, 1.54) is 5.56 Å². The summed E-state index contributed by atoms with van der Waals surface area (Å²) in [5.74, 6) is -0.182. The van der Waals surface area contributed by atoms with E-state index < -0.39 is 0 Å². The molecule has 0 aromatic heterocycles. The van der Waals surface area contributed by atoms with Gasteiger partial charge in [0.25, 0.3) is 0 Å². The fourth-order valence-electron chi connectivity index (χ4n) is 2.21. The Morgan fingerprint density at radius 2 is 1.96 bits per heavy atom. The molecule has 0 atom stereocenters. The summed E-state index contributed by atoms with van der Waals surface area (Å²) in [7, 11) is 1.88. The summed E-state index contributed by atoms with van der Waals surface area (Å²) in [6, 6.07) is 15.0. The minimum atomic E-state index is -0.182. The molecule has 2 aromatic carbocycles. The Balaban J connectivity index is 1.95. The average molecular weight is 328 g/mol. The molecule has 4 nitrogen and oxygen atoms in total. The van der Waals surface area contributed by atoms with Gasteiger partial charge in [-0.05, 0) is 37.7 Å². The first-order chi connectivity index (χ1) is 11.0. The SMILES string of the molecule is Cc1ccc(CN(C)CC(=O)Nc2cc(Cl)ccc2C#N)cc1. The monoisotopic (exact) mass is 327 g/mol. The van der Waals surface area contributed by atoms with Crippen molar-refractivity contribution in [2.24, 2.45) is 0 Å². The molecular weight excluding hydrogens is 310 g/mol. The molecule has 23 heavy (non-hydrogen) atoms. The summed E-state index contributed by atoms with van der Waals surface area (Å²) >= 11 is 5.91. The minimum Gasteiger partial charge on any atom is -0.324 e. The molecule has 0 saturated carbocycles. The standard InChI is InChI=1S/C18H18ClN3O/c1-13-3-5-14(6-4-13)11-22(2)12-18(23)21-17-9-16(19)8-7-15(17)10-20/h3-9H,11-12H2,1-2H3,(H,21,23). The number of carbonyl (C=O) groups excluding carboxylic acids is 1. The van der Waals surface area contributed by atoms with Crippen molar-refractivity contribution in [3.63, 3.8) is 0 Å². The van der Waals surface area contributed by atoms with Crippen LogP contribution in [0.2, 0.25) is 5.02 Å². The van der Waals surface area contributed by atoms with E-state index in [1.807, 2.05) is 24.9 Å². The fraction of sp³-hybridized carbons (Fsp3) is 0.222. The van der Waals surface area contributed by atoms with Crippen LogP contribution in [-0.2, 0) is 11.3 Å². The van der Waals surface area contributed by atoms with E-state index in [9.17, 15) is 4.79 Å². The van der Waals surface area contributed by atoms with Gasteiger partial charge in [-0.25, -0.2) is 0 Å². The maximum atomic E-state index is 12.1. The van der Waals surface area contributed by atoms with Gasteiger partial charge in [0, 0.05) is 11.6 Å². The molecule has 0 heterocycles. The average Bonchev–Trinajstić information content (AvgIpc) is 2.49. The fourth-order valence-corrected chi connectivity index (χ4v) is 2.39. The van der Waals surface area contributed by atoms with Crippen LogP contribution < -0.4 is 5.32 Å². The summed E-state index contributed by atoms with van der Waals surface area (Å²) in [5.41, 5.74) is 3.18. The summed E-state index contributed by atoms with van der Waals surface area (Å²) in [4.78, 5) is 14.1. The zero-order valence-electron chi connectivity index (χ0n) is 13.1. The highest BCUT2D eigenvalue weighted by Crippen LogP contribution is 2.20. The third kappa shape index (κ3) is 5.10. The maximum Gasteiger partial charge on any atom is 0.238 e. The van der Waals surface area contributed by atoms with Gasteiger partial charge in [0.2, 0.25) is 5.91 Å². The summed E-state index contributed by atoms with van der Waals surface area (Å²) in [6.45, 7) is 2.94. The van der Waals surface area contributed by atoms with Gasteiger partial charge in [-0.15, -0.1) is 0 Å². The largest absolute Gasteiger partial charge is 0.324 e. The van der Waals surface area contributed by atoms with Gasteiger partial charge in [0.05, 0.1) is 17.8 Å². The molecule has 118 valence electrons. The van der Waals surface area contributed by atoms with Crippen LogP contribution in [-0.4, -0.2) is 24.4 Å². The van der Waals surface area contributed by atoms with Gasteiger partial charge < -0.3 is 5.32 Å². The smallest absolute Gasteiger partial charge is 0.238 e. The highest BCUT2D eigenvalue weighted by molar-refractivity contribution is 6.31. The lowest BCUT2D eigenvalue weighted by atomic mass is 10.1. The first-order valence-corrected chi connectivity index (χ1v) is 7.59. The Kier molecular flexibility index (Phi) is 5.75. The van der Waals surface area contributed by atoms with E-state index in [4.69, 9.17) is 16.9 Å². The van der Waals surface area contributed by atoms with Crippen molar-refractivity contribution in [2.45, 2.75) is 13.5 Å². The normalized spacial score (nSPS) is 10.4. The second-order valence-corrected chi connectivity index (χ2v) is 5.94. The van der Waals surface area contributed by atoms with Crippen molar-refractivity contribution >= 4 is 23.2 Å². The molecular formula is C18H18ClN3O. The van der Waals surface area contributed by atoms with Gasteiger partial charge in [-0.3, -0.25) is 9.69 Å². The van der Waals surface area contributed by atoms with Crippen LogP contribution in [0.1, 0.15) is 16.7 Å². The number of nitrogens with zero attached hydrogens (tertiary/aromatic N) is 2. The van der Waals surface area contributed by atoms with E-state index in [1.54, 1.807) is 18.2 Å². The number of halogens is 1. The molecule has 0 bridgehead atoms. The number of hydrogen-bond donors (Lipinski definition) is 1. The molecule has 1 amide bonds. The quantitative estimate of drug-likeness (QED) is 0.913. The number of anilines is 1. The Bertz CT molecular complexity index is 735. The molecule has 1 N–H and O–H groups in total. The van der Waals surface area contributed by atoms with Crippen LogP contribution in [0.5, 0.6) is 0 Å². The number of amides is 1.